The highest BCUT2D eigenvalue weighted by atomic mass is 32.2. The topological polar surface area (TPSA) is 46.6 Å². The highest BCUT2D eigenvalue weighted by molar-refractivity contribution is 7.98. The Morgan fingerprint density at radius 2 is 1.84 bits per heavy atom. The maximum absolute atomic E-state index is 12.2. The number of fused-ring (bicyclic) bond motifs is 1. The zero-order chi connectivity index (χ0) is 14.0. The van der Waals surface area contributed by atoms with E-state index in [4.69, 9.17) is 4.74 Å². The van der Waals surface area contributed by atoms with E-state index in [1.165, 1.54) is 16.7 Å². The Balaban J connectivity index is 2.22. The fraction of sp³-hybridized carbons (Fsp3) is 0.286. The molecule has 1 heterocycles. The molecule has 0 fully saturated rings. The smallest absolute Gasteiger partial charge is 0.262 e. The van der Waals surface area contributed by atoms with Crippen LogP contribution in [0.15, 0.2) is 36.6 Å². The van der Waals surface area contributed by atoms with Gasteiger partial charge in [0.25, 0.3) is 11.8 Å². The summed E-state index contributed by atoms with van der Waals surface area (Å²) in [6.07, 6.45) is 1.90. The molecule has 100 valence electrons. The molecule has 2 rings (SSSR count). The van der Waals surface area contributed by atoms with Crippen LogP contribution in [0.5, 0.6) is 0 Å². The monoisotopic (exact) mass is 277 g/mol. The minimum atomic E-state index is -0.473. The van der Waals surface area contributed by atoms with Crippen LogP contribution in [0.3, 0.4) is 0 Å². The average molecular weight is 277 g/mol. The molecule has 0 radical (unpaired) electrons. The number of carbonyl (C=O) groups is 2. The van der Waals surface area contributed by atoms with Crippen LogP contribution in [0.25, 0.3) is 0 Å². The lowest BCUT2D eigenvalue weighted by Gasteiger charge is -2.24. The lowest BCUT2D eigenvalue weighted by Crippen LogP contribution is -2.39. The van der Waals surface area contributed by atoms with Gasteiger partial charge in [-0.2, -0.15) is 0 Å². The fourth-order valence-electron chi connectivity index (χ4n) is 1.96. The van der Waals surface area contributed by atoms with Gasteiger partial charge in [-0.1, -0.05) is 18.7 Å². The maximum Gasteiger partial charge on any atom is 0.262 e. The van der Waals surface area contributed by atoms with Crippen LogP contribution in [-0.4, -0.2) is 35.0 Å². The SMILES string of the molecule is C=C(OCSC)C(C)N1C(=O)c2ccccc2C1=O. The summed E-state index contributed by atoms with van der Waals surface area (Å²) in [7, 11) is 0. The number of benzene rings is 1. The van der Waals surface area contributed by atoms with E-state index in [0.717, 1.165) is 0 Å². The van der Waals surface area contributed by atoms with E-state index in [0.29, 0.717) is 22.8 Å². The van der Waals surface area contributed by atoms with E-state index in [1.54, 1.807) is 31.2 Å². The van der Waals surface area contributed by atoms with E-state index in [1.807, 2.05) is 6.26 Å². The molecule has 0 N–H and O–H groups in total. The second kappa shape index (κ2) is 5.48. The molecule has 0 spiro atoms. The van der Waals surface area contributed by atoms with Crippen LogP contribution in [0.1, 0.15) is 27.6 Å². The van der Waals surface area contributed by atoms with Gasteiger partial charge in [0.15, 0.2) is 0 Å². The number of hydrogen-bond acceptors (Lipinski definition) is 4. The Morgan fingerprint density at radius 1 is 1.32 bits per heavy atom. The number of thioether (sulfide) groups is 1. The summed E-state index contributed by atoms with van der Waals surface area (Å²) in [5, 5.41) is 0. The first-order valence-corrected chi connectivity index (χ1v) is 7.24. The van der Waals surface area contributed by atoms with Crippen molar-refractivity contribution in [2.24, 2.45) is 0 Å². The molecule has 1 aliphatic rings. The van der Waals surface area contributed by atoms with Crippen LogP contribution in [0.4, 0.5) is 0 Å². The van der Waals surface area contributed by atoms with Crippen LogP contribution < -0.4 is 0 Å². The van der Waals surface area contributed by atoms with Crippen molar-refractivity contribution in [2.75, 3.05) is 12.2 Å². The predicted molar refractivity (Wildman–Crippen MR) is 75.0 cm³/mol. The lowest BCUT2D eigenvalue weighted by molar-refractivity contribution is 0.0574. The molecule has 0 saturated carbocycles. The van der Waals surface area contributed by atoms with Crippen molar-refractivity contribution in [1.29, 1.82) is 0 Å². The van der Waals surface area contributed by atoms with Crippen molar-refractivity contribution < 1.29 is 14.3 Å². The van der Waals surface area contributed by atoms with Crippen molar-refractivity contribution in [1.82, 2.24) is 4.90 Å². The van der Waals surface area contributed by atoms with Gasteiger partial charge in [-0.25, -0.2) is 0 Å². The lowest BCUT2D eigenvalue weighted by atomic mass is 10.1. The molecule has 5 heteroatoms. The summed E-state index contributed by atoms with van der Waals surface area (Å²) in [4.78, 5) is 25.7. The first kappa shape index (κ1) is 13.7. The number of nitrogens with zero attached hydrogens (tertiary/aromatic N) is 1. The molecule has 0 aliphatic carbocycles. The Labute approximate surface area is 116 Å². The molecule has 1 unspecified atom stereocenters. The van der Waals surface area contributed by atoms with E-state index in [9.17, 15) is 9.59 Å². The van der Waals surface area contributed by atoms with Gasteiger partial charge in [-0.3, -0.25) is 14.5 Å². The van der Waals surface area contributed by atoms with Crippen LogP contribution in [0, 0.1) is 0 Å². The minimum absolute atomic E-state index is 0.290. The van der Waals surface area contributed by atoms with Crippen molar-refractivity contribution in [3.8, 4) is 0 Å². The highest BCUT2D eigenvalue weighted by Gasteiger charge is 2.39. The third-order valence-corrected chi connectivity index (χ3v) is 3.39. The Kier molecular flexibility index (Phi) is 3.95. The molecular weight excluding hydrogens is 262 g/mol. The van der Waals surface area contributed by atoms with Gasteiger partial charge in [0.2, 0.25) is 0 Å². The molecule has 0 aromatic heterocycles. The number of carbonyl (C=O) groups excluding carboxylic acids is 2. The quantitative estimate of drug-likeness (QED) is 0.471. The molecule has 1 aliphatic heterocycles. The Bertz CT molecular complexity index is 506. The standard InChI is InChI=1S/C14H15NO3S/c1-9(10(2)18-8-19-3)15-13(16)11-6-4-5-7-12(11)14(15)17/h4-7,9H,2,8H2,1,3H3. The molecule has 1 atom stereocenters. The zero-order valence-corrected chi connectivity index (χ0v) is 11.7. The van der Waals surface area contributed by atoms with E-state index >= 15 is 0 Å². The minimum Gasteiger partial charge on any atom is -0.486 e. The second-order valence-electron chi connectivity index (χ2n) is 4.22. The molecular formula is C14H15NO3S. The van der Waals surface area contributed by atoms with Gasteiger partial charge in [-0.15, -0.1) is 11.8 Å². The van der Waals surface area contributed by atoms with Gasteiger partial charge in [0.1, 0.15) is 11.7 Å². The van der Waals surface area contributed by atoms with Gasteiger partial charge >= 0.3 is 0 Å². The van der Waals surface area contributed by atoms with E-state index in [2.05, 4.69) is 6.58 Å². The van der Waals surface area contributed by atoms with Crippen molar-refractivity contribution in [3.05, 3.63) is 47.7 Å². The summed E-state index contributed by atoms with van der Waals surface area (Å²) >= 11 is 1.51. The van der Waals surface area contributed by atoms with Crippen molar-refractivity contribution in [2.45, 2.75) is 13.0 Å². The zero-order valence-electron chi connectivity index (χ0n) is 10.9. The Morgan fingerprint density at radius 3 is 2.32 bits per heavy atom. The summed E-state index contributed by atoms with van der Waals surface area (Å²) < 4.78 is 5.38. The highest BCUT2D eigenvalue weighted by Crippen LogP contribution is 2.26. The third kappa shape index (κ3) is 2.38. The van der Waals surface area contributed by atoms with Crippen LogP contribution in [0.2, 0.25) is 0 Å². The first-order chi connectivity index (χ1) is 9.07. The fourth-order valence-corrected chi connectivity index (χ4v) is 2.23. The van der Waals surface area contributed by atoms with E-state index < -0.39 is 6.04 Å². The number of ether oxygens (including phenoxy) is 1. The van der Waals surface area contributed by atoms with Gasteiger partial charge in [-0.05, 0) is 25.3 Å². The maximum atomic E-state index is 12.2. The summed E-state index contributed by atoms with van der Waals surface area (Å²) in [6.45, 7) is 5.53. The van der Waals surface area contributed by atoms with Crippen LogP contribution >= 0.6 is 11.8 Å². The first-order valence-electron chi connectivity index (χ1n) is 5.85. The number of amides is 2. The largest absolute Gasteiger partial charge is 0.486 e. The number of hydrogen-bond donors (Lipinski definition) is 0. The average Bonchev–Trinajstić information content (AvgIpc) is 2.68. The third-order valence-electron chi connectivity index (χ3n) is 3.04. The molecule has 19 heavy (non-hydrogen) atoms. The van der Waals surface area contributed by atoms with Crippen molar-refractivity contribution in [3.63, 3.8) is 0 Å². The van der Waals surface area contributed by atoms with Crippen molar-refractivity contribution >= 4 is 23.6 Å². The van der Waals surface area contributed by atoms with Crippen LogP contribution in [-0.2, 0) is 4.74 Å². The summed E-state index contributed by atoms with van der Waals surface area (Å²) in [5.74, 6) is 0.291. The Hall–Kier alpha value is -1.75. The molecule has 2 amide bonds. The number of rotatable bonds is 5. The summed E-state index contributed by atoms with van der Waals surface area (Å²) in [5.41, 5.74) is 0.883. The second-order valence-corrected chi connectivity index (χ2v) is 5.03. The molecule has 1 aromatic carbocycles. The number of imide groups is 1. The van der Waals surface area contributed by atoms with E-state index in [-0.39, 0.29) is 11.8 Å². The molecule has 4 nitrogen and oxygen atoms in total. The molecule has 0 saturated heterocycles. The predicted octanol–water partition coefficient (Wildman–Crippen LogP) is 2.52. The molecule has 0 bridgehead atoms. The normalized spacial score (nSPS) is 15.4. The summed E-state index contributed by atoms with van der Waals surface area (Å²) in [6, 6.07) is 6.34. The van der Waals surface area contributed by atoms with Gasteiger partial charge < -0.3 is 4.74 Å². The molecule has 1 aromatic rings. The van der Waals surface area contributed by atoms with Gasteiger partial charge in [0, 0.05) is 0 Å². The van der Waals surface area contributed by atoms with Gasteiger partial charge in [0.05, 0.1) is 17.2 Å².